The van der Waals surface area contributed by atoms with Crippen molar-refractivity contribution in [3.05, 3.63) is 34.5 Å². The number of hydrogen-bond donors (Lipinski definition) is 0. The topological polar surface area (TPSA) is 57.6 Å². The van der Waals surface area contributed by atoms with Crippen molar-refractivity contribution in [1.82, 2.24) is 23.9 Å². The molecule has 6 heteroatoms. The number of aryl methyl sites for hydroxylation is 2. The summed E-state index contributed by atoms with van der Waals surface area (Å²) in [7, 11) is 0. The maximum Gasteiger partial charge on any atom is 0.346 e. The van der Waals surface area contributed by atoms with Crippen LogP contribution < -0.4 is 5.69 Å². The Kier molecular flexibility index (Phi) is 2.77. The van der Waals surface area contributed by atoms with E-state index in [4.69, 9.17) is 0 Å². The molecule has 0 atom stereocenters. The third kappa shape index (κ3) is 1.77. The Morgan fingerprint density at radius 1 is 1.39 bits per heavy atom. The molecule has 3 rings (SSSR count). The Labute approximate surface area is 105 Å². The number of aromatic nitrogens is 5. The summed E-state index contributed by atoms with van der Waals surface area (Å²) in [6.07, 6.45) is 6.79. The highest BCUT2D eigenvalue weighted by Crippen LogP contribution is 2.09. The fraction of sp³-hybridized carbons (Fsp3) is 0.583. The molecule has 0 saturated heterocycles. The van der Waals surface area contributed by atoms with Crippen LogP contribution in [0.4, 0.5) is 0 Å². The van der Waals surface area contributed by atoms with Crippen molar-refractivity contribution in [1.29, 1.82) is 0 Å². The molecule has 0 radical (unpaired) electrons. The number of imidazole rings is 1. The summed E-state index contributed by atoms with van der Waals surface area (Å²) in [5.41, 5.74) is -0.00430. The molecule has 0 spiro atoms. The second kappa shape index (κ2) is 4.44. The van der Waals surface area contributed by atoms with Crippen LogP contribution in [-0.4, -0.2) is 23.9 Å². The second-order valence-electron chi connectivity index (χ2n) is 4.59. The minimum absolute atomic E-state index is 0.00430. The van der Waals surface area contributed by atoms with E-state index in [1.54, 1.807) is 10.8 Å². The van der Waals surface area contributed by atoms with E-state index in [0.29, 0.717) is 6.54 Å². The van der Waals surface area contributed by atoms with E-state index in [2.05, 4.69) is 17.0 Å². The quantitative estimate of drug-likeness (QED) is 0.800. The summed E-state index contributed by atoms with van der Waals surface area (Å²) in [4.78, 5) is 16.4. The highest BCUT2D eigenvalue weighted by molar-refractivity contribution is 4.96. The number of fused-ring (bicyclic) bond motifs is 1. The smallest absolute Gasteiger partial charge is 0.334 e. The van der Waals surface area contributed by atoms with E-state index in [-0.39, 0.29) is 5.69 Å². The molecule has 1 aliphatic rings. The third-order valence-electron chi connectivity index (χ3n) is 3.47. The maximum absolute atomic E-state index is 12.2. The molecule has 2 aromatic heterocycles. The van der Waals surface area contributed by atoms with Crippen molar-refractivity contribution in [3.63, 3.8) is 0 Å². The number of hydrogen-bond acceptors (Lipinski definition) is 3. The highest BCUT2D eigenvalue weighted by Gasteiger charge is 2.17. The normalized spacial score (nSPS) is 14.7. The molecule has 0 fully saturated rings. The standard InChI is InChI=1S/C12H17N5O/c1-2-15-8-6-13-11(15)9-17-12(18)16-7-4-3-5-10(16)14-17/h6,8H,2-5,7,9H2,1H3. The van der Waals surface area contributed by atoms with Gasteiger partial charge in [-0.05, 0) is 19.8 Å². The summed E-state index contributed by atoms with van der Waals surface area (Å²) in [5.74, 6) is 1.80. The zero-order valence-corrected chi connectivity index (χ0v) is 10.5. The molecule has 18 heavy (non-hydrogen) atoms. The van der Waals surface area contributed by atoms with Gasteiger partial charge in [0.05, 0.1) is 0 Å². The molecule has 0 aromatic carbocycles. The minimum Gasteiger partial charge on any atom is -0.334 e. The Hall–Kier alpha value is -1.85. The maximum atomic E-state index is 12.2. The minimum atomic E-state index is -0.00430. The monoisotopic (exact) mass is 247 g/mol. The van der Waals surface area contributed by atoms with E-state index < -0.39 is 0 Å². The first-order valence-electron chi connectivity index (χ1n) is 6.46. The molecule has 96 valence electrons. The van der Waals surface area contributed by atoms with Crippen molar-refractivity contribution < 1.29 is 0 Å². The summed E-state index contributed by atoms with van der Waals surface area (Å²) in [6, 6.07) is 0. The zero-order chi connectivity index (χ0) is 12.5. The van der Waals surface area contributed by atoms with Gasteiger partial charge in [-0.2, -0.15) is 5.10 Å². The first-order chi connectivity index (χ1) is 8.79. The van der Waals surface area contributed by atoms with Gasteiger partial charge in [-0.1, -0.05) is 0 Å². The molecule has 0 saturated carbocycles. The first kappa shape index (κ1) is 11.3. The van der Waals surface area contributed by atoms with E-state index in [1.807, 2.05) is 10.8 Å². The summed E-state index contributed by atoms with van der Waals surface area (Å²) in [5, 5.41) is 4.41. The van der Waals surface area contributed by atoms with Gasteiger partial charge in [0, 0.05) is 31.9 Å². The second-order valence-corrected chi connectivity index (χ2v) is 4.59. The molecular weight excluding hydrogens is 230 g/mol. The van der Waals surface area contributed by atoms with E-state index in [9.17, 15) is 4.79 Å². The molecule has 6 nitrogen and oxygen atoms in total. The van der Waals surface area contributed by atoms with Crippen LogP contribution >= 0.6 is 0 Å². The van der Waals surface area contributed by atoms with Crippen LogP contribution in [0.15, 0.2) is 17.2 Å². The van der Waals surface area contributed by atoms with Crippen LogP contribution in [0.25, 0.3) is 0 Å². The number of rotatable bonds is 3. The van der Waals surface area contributed by atoms with Crippen LogP contribution in [0.1, 0.15) is 31.4 Å². The van der Waals surface area contributed by atoms with Gasteiger partial charge in [-0.25, -0.2) is 14.5 Å². The molecular formula is C12H17N5O. The molecule has 3 heterocycles. The Morgan fingerprint density at radius 3 is 3.06 bits per heavy atom. The van der Waals surface area contributed by atoms with Gasteiger partial charge in [0.1, 0.15) is 18.2 Å². The van der Waals surface area contributed by atoms with Gasteiger partial charge < -0.3 is 4.57 Å². The van der Waals surface area contributed by atoms with Gasteiger partial charge in [0.2, 0.25) is 0 Å². The lowest BCUT2D eigenvalue weighted by Crippen LogP contribution is -2.28. The predicted molar refractivity (Wildman–Crippen MR) is 66.4 cm³/mol. The summed E-state index contributed by atoms with van der Waals surface area (Å²) < 4.78 is 5.36. The third-order valence-corrected chi connectivity index (χ3v) is 3.47. The average Bonchev–Trinajstić information content (AvgIpc) is 2.96. The lowest BCUT2D eigenvalue weighted by Gasteiger charge is -2.09. The molecule has 0 bridgehead atoms. The summed E-state index contributed by atoms with van der Waals surface area (Å²) in [6.45, 7) is 4.18. The van der Waals surface area contributed by atoms with E-state index in [0.717, 1.165) is 44.0 Å². The molecule has 0 aliphatic carbocycles. The zero-order valence-electron chi connectivity index (χ0n) is 10.5. The SMILES string of the molecule is CCn1ccnc1Cn1nc2n(c1=O)CCCC2. The molecule has 0 unspecified atom stereocenters. The largest absolute Gasteiger partial charge is 0.346 e. The van der Waals surface area contributed by atoms with Crippen molar-refractivity contribution in [2.24, 2.45) is 0 Å². The Balaban J connectivity index is 1.94. The van der Waals surface area contributed by atoms with Crippen LogP contribution in [0, 0.1) is 0 Å². The van der Waals surface area contributed by atoms with Crippen molar-refractivity contribution in [2.75, 3.05) is 0 Å². The Bertz CT molecular complexity index is 606. The van der Waals surface area contributed by atoms with E-state index >= 15 is 0 Å². The summed E-state index contributed by atoms with van der Waals surface area (Å²) >= 11 is 0. The first-order valence-corrected chi connectivity index (χ1v) is 6.46. The fourth-order valence-electron chi connectivity index (χ4n) is 2.47. The lowest BCUT2D eigenvalue weighted by molar-refractivity contribution is 0.511. The van der Waals surface area contributed by atoms with E-state index in [1.165, 1.54) is 4.68 Å². The Morgan fingerprint density at radius 2 is 2.28 bits per heavy atom. The highest BCUT2D eigenvalue weighted by atomic mass is 16.2. The average molecular weight is 247 g/mol. The van der Waals surface area contributed by atoms with Crippen LogP contribution in [0.2, 0.25) is 0 Å². The van der Waals surface area contributed by atoms with Gasteiger partial charge in [-0.3, -0.25) is 4.57 Å². The van der Waals surface area contributed by atoms with Crippen molar-refractivity contribution in [3.8, 4) is 0 Å². The van der Waals surface area contributed by atoms with Gasteiger partial charge >= 0.3 is 5.69 Å². The molecule has 0 N–H and O–H groups in total. The van der Waals surface area contributed by atoms with Crippen molar-refractivity contribution >= 4 is 0 Å². The van der Waals surface area contributed by atoms with Gasteiger partial charge in [0.25, 0.3) is 0 Å². The molecule has 2 aromatic rings. The van der Waals surface area contributed by atoms with Gasteiger partial charge in [-0.15, -0.1) is 0 Å². The molecule has 0 amide bonds. The molecule has 1 aliphatic heterocycles. The lowest BCUT2D eigenvalue weighted by atomic mass is 10.2. The predicted octanol–water partition coefficient (Wildman–Crippen LogP) is 0.646. The van der Waals surface area contributed by atoms with Crippen LogP contribution in [0.5, 0.6) is 0 Å². The van der Waals surface area contributed by atoms with Crippen LogP contribution in [0.3, 0.4) is 0 Å². The fourth-order valence-corrected chi connectivity index (χ4v) is 2.47. The van der Waals surface area contributed by atoms with Gasteiger partial charge in [0.15, 0.2) is 0 Å². The number of nitrogens with zero attached hydrogens (tertiary/aromatic N) is 5. The van der Waals surface area contributed by atoms with Crippen LogP contribution in [-0.2, 0) is 26.1 Å². The van der Waals surface area contributed by atoms with Crippen molar-refractivity contribution in [2.45, 2.75) is 45.8 Å².